The van der Waals surface area contributed by atoms with Crippen LogP contribution in [0.5, 0.6) is 0 Å². The summed E-state index contributed by atoms with van der Waals surface area (Å²) >= 11 is 1.65. The molecule has 1 aliphatic rings. The first kappa shape index (κ1) is 11.6. The molecule has 16 heavy (non-hydrogen) atoms. The normalized spacial score (nSPS) is 25.3. The van der Waals surface area contributed by atoms with Crippen LogP contribution in [0.25, 0.3) is 0 Å². The number of amides is 1. The third-order valence-corrected chi connectivity index (χ3v) is 4.06. The Hall–Kier alpha value is -0.830. The van der Waals surface area contributed by atoms with Crippen molar-refractivity contribution in [2.45, 2.75) is 45.1 Å². The van der Waals surface area contributed by atoms with Crippen LogP contribution in [0.2, 0.25) is 0 Å². The molecule has 1 amide bonds. The minimum Gasteiger partial charge on any atom is -0.353 e. The average Bonchev–Trinajstić information content (AvgIpc) is 2.74. The number of hydrogen-bond donors (Lipinski definition) is 1. The van der Waals surface area contributed by atoms with E-state index in [-0.39, 0.29) is 5.91 Å². The Morgan fingerprint density at radius 3 is 2.81 bits per heavy atom. The zero-order valence-corrected chi connectivity index (χ0v) is 10.6. The van der Waals surface area contributed by atoms with E-state index >= 15 is 0 Å². The van der Waals surface area contributed by atoms with Crippen LogP contribution in [0.4, 0.5) is 0 Å². The van der Waals surface area contributed by atoms with Gasteiger partial charge in [0.15, 0.2) is 0 Å². The van der Waals surface area contributed by atoms with Gasteiger partial charge in [-0.15, -0.1) is 0 Å². The van der Waals surface area contributed by atoms with E-state index in [0.717, 1.165) is 24.3 Å². The van der Waals surface area contributed by atoms with Crippen molar-refractivity contribution in [2.24, 2.45) is 5.92 Å². The lowest BCUT2D eigenvalue weighted by molar-refractivity contribution is -0.121. The fraction of sp³-hybridized carbons (Fsp3) is 0.615. The first-order valence-electron chi connectivity index (χ1n) is 6.04. The molecule has 0 bridgehead atoms. The highest BCUT2D eigenvalue weighted by Crippen LogP contribution is 2.23. The lowest BCUT2D eigenvalue weighted by atomic mass is 9.87. The Balaban J connectivity index is 1.75. The summed E-state index contributed by atoms with van der Waals surface area (Å²) in [7, 11) is 0. The summed E-state index contributed by atoms with van der Waals surface area (Å²) in [4.78, 5) is 11.8. The fourth-order valence-corrected chi connectivity index (χ4v) is 2.93. The minimum absolute atomic E-state index is 0.179. The number of carbonyl (C=O) groups is 1. The number of thiophene rings is 1. The highest BCUT2D eigenvalue weighted by Gasteiger charge is 2.19. The SMILES string of the molecule is CC1CCC(NC(=O)Cc2ccsc2)CC1. The summed E-state index contributed by atoms with van der Waals surface area (Å²) < 4.78 is 0. The first-order chi connectivity index (χ1) is 7.74. The molecule has 0 unspecified atom stereocenters. The molecule has 1 aliphatic carbocycles. The molecule has 2 nitrogen and oxygen atoms in total. The third kappa shape index (κ3) is 3.34. The maximum atomic E-state index is 11.8. The van der Waals surface area contributed by atoms with Gasteiger partial charge in [-0.25, -0.2) is 0 Å². The van der Waals surface area contributed by atoms with Crippen molar-refractivity contribution in [3.8, 4) is 0 Å². The molecule has 0 radical (unpaired) electrons. The van der Waals surface area contributed by atoms with Gasteiger partial charge < -0.3 is 5.32 Å². The zero-order chi connectivity index (χ0) is 11.4. The van der Waals surface area contributed by atoms with Gasteiger partial charge in [0.05, 0.1) is 6.42 Å². The topological polar surface area (TPSA) is 29.1 Å². The average molecular weight is 237 g/mol. The number of carbonyl (C=O) groups excluding carboxylic acids is 1. The van der Waals surface area contributed by atoms with Gasteiger partial charge in [-0.05, 0) is 54.0 Å². The van der Waals surface area contributed by atoms with E-state index in [1.54, 1.807) is 11.3 Å². The molecule has 1 N–H and O–H groups in total. The molecule has 1 aromatic heterocycles. The highest BCUT2D eigenvalue weighted by molar-refractivity contribution is 7.07. The quantitative estimate of drug-likeness (QED) is 0.860. The molecular weight excluding hydrogens is 218 g/mol. The van der Waals surface area contributed by atoms with E-state index in [1.807, 2.05) is 16.8 Å². The molecule has 0 spiro atoms. The third-order valence-electron chi connectivity index (χ3n) is 3.33. The van der Waals surface area contributed by atoms with Gasteiger partial charge in [-0.1, -0.05) is 6.92 Å². The fourth-order valence-electron chi connectivity index (χ4n) is 2.26. The van der Waals surface area contributed by atoms with Crippen molar-refractivity contribution < 1.29 is 4.79 Å². The molecule has 2 rings (SSSR count). The van der Waals surface area contributed by atoms with Crippen LogP contribution in [0.3, 0.4) is 0 Å². The lowest BCUT2D eigenvalue weighted by Gasteiger charge is -2.26. The monoisotopic (exact) mass is 237 g/mol. The van der Waals surface area contributed by atoms with Crippen LogP contribution in [0, 0.1) is 5.92 Å². The molecule has 88 valence electrons. The number of nitrogens with one attached hydrogen (secondary N) is 1. The molecule has 1 saturated carbocycles. The highest BCUT2D eigenvalue weighted by atomic mass is 32.1. The maximum absolute atomic E-state index is 11.8. The number of rotatable bonds is 3. The summed E-state index contributed by atoms with van der Waals surface area (Å²) in [6.45, 7) is 2.30. The van der Waals surface area contributed by atoms with E-state index in [2.05, 4.69) is 12.2 Å². The van der Waals surface area contributed by atoms with Crippen molar-refractivity contribution in [1.29, 1.82) is 0 Å². The maximum Gasteiger partial charge on any atom is 0.224 e. The predicted molar refractivity (Wildman–Crippen MR) is 67.6 cm³/mol. The number of hydrogen-bond acceptors (Lipinski definition) is 2. The zero-order valence-electron chi connectivity index (χ0n) is 9.74. The van der Waals surface area contributed by atoms with E-state index in [1.165, 1.54) is 12.8 Å². The van der Waals surface area contributed by atoms with Gasteiger partial charge >= 0.3 is 0 Å². The molecular formula is C13H19NOS. The van der Waals surface area contributed by atoms with Crippen molar-refractivity contribution in [3.05, 3.63) is 22.4 Å². The second-order valence-corrected chi connectivity index (χ2v) is 5.61. The summed E-state index contributed by atoms with van der Waals surface area (Å²) in [6, 6.07) is 2.44. The Kier molecular flexibility index (Phi) is 3.99. The van der Waals surface area contributed by atoms with E-state index in [0.29, 0.717) is 12.5 Å². The first-order valence-corrected chi connectivity index (χ1v) is 6.99. The standard InChI is InChI=1S/C13H19NOS/c1-10-2-4-12(5-3-10)14-13(15)8-11-6-7-16-9-11/h6-7,9-10,12H,2-5,8H2,1H3,(H,14,15). The molecule has 0 aromatic carbocycles. The van der Waals surface area contributed by atoms with Crippen molar-refractivity contribution in [3.63, 3.8) is 0 Å². The summed E-state index contributed by atoms with van der Waals surface area (Å²) in [5, 5.41) is 7.21. The van der Waals surface area contributed by atoms with Crippen molar-refractivity contribution in [2.75, 3.05) is 0 Å². The molecule has 0 aliphatic heterocycles. The van der Waals surface area contributed by atoms with Crippen LogP contribution < -0.4 is 5.32 Å². The molecule has 0 atom stereocenters. The van der Waals surface area contributed by atoms with Crippen molar-refractivity contribution >= 4 is 17.2 Å². The Morgan fingerprint density at radius 1 is 1.44 bits per heavy atom. The summed E-state index contributed by atoms with van der Waals surface area (Å²) in [5.74, 6) is 1.02. The van der Waals surface area contributed by atoms with Crippen LogP contribution in [-0.4, -0.2) is 11.9 Å². The van der Waals surface area contributed by atoms with Crippen LogP contribution >= 0.6 is 11.3 Å². The van der Waals surface area contributed by atoms with E-state index < -0.39 is 0 Å². The van der Waals surface area contributed by atoms with Crippen LogP contribution in [0.15, 0.2) is 16.8 Å². The van der Waals surface area contributed by atoms with Gasteiger partial charge in [0.25, 0.3) is 0 Å². The van der Waals surface area contributed by atoms with Gasteiger partial charge in [0.2, 0.25) is 5.91 Å². The van der Waals surface area contributed by atoms with E-state index in [9.17, 15) is 4.79 Å². The summed E-state index contributed by atoms with van der Waals surface area (Å²) in [6.07, 6.45) is 5.34. The molecule has 1 aromatic rings. The smallest absolute Gasteiger partial charge is 0.224 e. The molecule has 3 heteroatoms. The second kappa shape index (κ2) is 5.48. The van der Waals surface area contributed by atoms with Crippen molar-refractivity contribution in [1.82, 2.24) is 5.32 Å². The van der Waals surface area contributed by atoms with Gasteiger partial charge in [-0.2, -0.15) is 11.3 Å². The van der Waals surface area contributed by atoms with Gasteiger partial charge in [0.1, 0.15) is 0 Å². The molecule has 1 fully saturated rings. The largest absolute Gasteiger partial charge is 0.353 e. The lowest BCUT2D eigenvalue weighted by Crippen LogP contribution is -2.38. The Bertz CT molecular complexity index is 326. The van der Waals surface area contributed by atoms with Gasteiger partial charge in [0, 0.05) is 6.04 Å². The second-order valence-electron chi connectivity index (χ2n) is 4.83. The van der Waals surface area contributed by atoms with E-state index in [4.69, 9.17) is 0 Å². The molecule has 1 heterocycles. The summed E-state index contributed by atoms with van der Waals surface area (Å²) in [5.41, 5.74) is 1.13. The minimum atomic E-state index is 0.179. The predicted octanol–water partition coefficient (Wildman–Crippen LogP) is 2.99. The van der Waals surface area contributed by atoms with Gasteiger partial charge in [-0.3, -0.25) is 4.79 Å². The van der Waals surface area contributed by atoms with Crippen LogP contribution in [-0.2, 0) is 11.2 Å². The molecule has 0 saturated heterocycles. The van der Waals surface area contributed by atoms with Crippen LogP contribution in [0.1, 0.15) is 38.2 Å². The Labute approximate surface area is 101 Å². The Morgan fingerprint density at radius 2 is 2.19 bits per heavy atom.